The Hall–Kier alpha value is -3.23. The number of hydrogen-bond donors (Lipinski definition) is 0. The minimum absolute atomic E-state index is 0.0508. The lowest BCUT2D eigenvalue weighted by atomic mass is 10.2. The maximum atomic E-state index is 13.0. The molecule has 0 amide bonds. The van der Waals surface area contributed by atoms with E-state index in [0.29, 0.717) is 22.2 Å². The molecule has 0 aromatic heterocycles. The van der Waals surface area contributed by atoms with Crippen LogP contribution >= 0.6 is 11.6 Å². The van der Waals surface area contributed by atoms with Crippen molar-refractivity contribution in [2.75, 3.05) is 18.1 Å². The van der Waals surface area contributed by atoms with Gasteiger partial charge >= 0.3 is 5.97 Å². The average Bonchev–Trinajstić information content (AvgIpc) is 3.21. The van der Waals surface area contributed by atoms with E-state index < -0.39 is 16.0 Å². The molecule has 4 rings (SSSR count). The van der Waals surface area contributed by atoms with Crippen LogP contribution in [-0.4, -0.2) is 28.2 Å². The van der Waals surface area contributed by atoms with E-state index in [-0.39, 0.29) is 23.0 Å². The molecular formula is C21H16ClNO6S. The van der Waals surface area contributed by atoms with Gasteiger partial charge in [-0.3, -0.25) is 4.31 Å². The molecule has 0 radical (unpaired) electrons. The Labute approximate surface area is 178 Å². The third kappa shape index (κ3) is 3.92. The van der Waals surface area contributed by atoms with Gasteiger partial charge in [0.1, 0.15) is 5.75 Å². The van der Waals surface area contributed by atoms with E-state index in [2.05, 4.69) is 0 Å². The molecule has 0 bridgehead atoms. The molecule has 0 unspecified atom stereocenters. The number of ether oxygens (including phenoxy) is 3. The number of anilines is 1. The first-order chi connectivity index (χ1) is 14.3. The highest BCUT2D eigenvalue weighted by molar-refractivity contribution is 7.92. The third-order valence-electron chi connectivity index (χ3n) is 4.45. The lowest BCUT2D eigenvalue weighted by Crippen LogP contribution is -2.26. The van der Waals surface area contributed by atoms with E-state index in [4.69, 9.17) is 25.8 Å². The van der Waals surface area contributed by atoms with Crippen molar-refractivity contribution in [3.63, 3.8) is 0 Å². The first-order valence-corrected chi connectivity index (χ1v) is 10.6. The van der Waals surface area contributed by atoms with Gasteiger partial charge in [-0.05, 0) is 48.5 Å². The lowest BCUT2D eigenvalue weighted by Gasteiger charge is -2.20. The van der Waals surface area contributed by atoms with Crippen LogP contribution in [-0.2, 0) is 10.0 Å². The van der Waals surface area contributed by atoms with Gasteiger partial charge in [0.15, 0.2) is 11.5 Å². The molecule has 7 nitrogen and oxygen atoms in total. The second-order valence-electron chi connectivity index (χ2n) is 6.38. The lowest BCUT2D eigenvalue weighted by molar-refractivity contribution is 0.0734. The highest BCUT2D eigenvalue weighted by Crippen LogP contribution is 2.35. The monoisotopic (exact) mass is 445 g/mol. The Morgan fingerprint density at radius 3 is 2.57 bits per heavy atom. The Morgan fingerprint density at radius 2 is 1.77 bits per heavy atom. The van der Waals surface area contributed by atoms with Gasteiger partial charge in [-0.25, -0.2) is 13.2 Å². The fraction of sp³-hybridized carbons (Fsp3) is 0.0952. The number of nitrogens with zero attached hydrogens (tertiary/aromatic N) is 1. The zero-order valence-corrected chi connectivity index (χ0v) is 17.3. The van der Waals surface area contributed by atoms with Crippen LogP contribution in [0.5, 0.6) is 17.2 Å². The molecule has 3 aromatic rings. The van der Waals surface area contributed by atoms with Crippen molar-refractivity contribution in [1.29, 1.82) is 0 Å². The molecule has 1 aliphatic heterocycles. The molecule has 30 heavy (non-hydrogen) atoms. The fourth-order valence-corrected chi connectivity index (χ4v) is 4.28. The normalized spacial score (nSPS) is 12.5. The topological polar surface area (TPSA) is 82.1 Å². The Balaban J connectivity index is 1.58. The fourth-order valence-electron chi connectivity index (χ4n) is 2.86. The standard InChI is InChI=1S/C21H16ClNO6S/c1-23(16-6-3-5-15(22)11-16)30(25,26)18-7-2-4-14(10-18)21(24)29-17-8-9-19-20(12-17)28-13-27-19/h2-12H,13H2,1H3. The van der Waals surface area contributed by atoms with Gasteiger partial charge in [0, 0.05) is 18.1 Å². The summed E-state index contributed by atoms with van der Waals surface area (Å²) < 4.78 is 42.9. The second-order valence-corrected chi connectivity index (χ2v) is 8.79. The second kappa shape index (κ2) is 7.89. The highest BCUT2D eigenvalue weighted by atomic mass is 35.5. The van der Waals surface area contributed by atoms with E-state index in [1.165, 1.54) is 43.4 Å². The van der Waals surface area contributed by atoms with E-state index >= 15 is 0 Å². The molecule has 154 valence electrons. The summed E-state index contributed by atoms with van der Waals surface area (Å²) in [6, 6.07) is 16.8. The Kier molecular flexibility index (Phi) is 5.27. The van der Waals surface area contributed by atoms with E-state index in [0.717, 1.165) is 4.31 Å². The molecule has 0 spiro atoms. The molecule has 0 aliphatic carbocycles. The number of fused-ring (bicyclic) bond motifs is 1. The van der Waals surface area contributed by atoms with Gasteiger partial charge in [0.2, 0.25) is 6.79 Å². The largest absolute Gasteiger partial charge is 0.454 e. The first kappa shape index (κ1) is 20.1. The van der Waals surface area contributed by atoms with Crippen molar-refractivity contribution in [2.24, 2.45) is 0 Å². The summed E-state index contributed by atoms with van der Waals surface area (Å²) in [7, 11) is -2.50. The van der Waals surface area contributed by atoms with Crippen LogP contribution in [0, 0.1) is 0 Å². The maximum absolute atomic E-state index is 13.0. The van der Waals surface area contributed by atoms with Crippen molar-refractivity contribution >= 4 is 33.3 Å². The number of hydrogen-bond acceptors (Lipinski definition) is 6. The van der Waals surface area contributed by atoms with Crippen LogP contribution in [0.3, 0.4) is 0 Å². The summed E-state index contributed by atoms with van der Waals surface area (Å²) in [6.45, 7) is 0.104. The number of esters is 1. The molecule has 3 aromatic carbocycles. The van der Waals surface area contributed by atoms with Gasteiger partial charge in [-0.2, -0.15) is 0 Å². The molecule has 0 fully saturated rings. The van der Waals surface area contributed by atoms with E-state index in [9.17, 15) is 13.2 Å². The quantitative estimate of drug-likeness (QED) is 0.434. The van der Waals surface area contributed by atoms with Crippen molar-refractivity contribution in [2.45, 2.75) is 4.90 Å². The number of benzene rings is 3. The molecule has 1 aliphatic rings. The van der Waals surface area contributed by atoms with E-state index in [1.807, 2.05) is 0 Å². The number of carbonyl (C=O) groups excluding carboxylic acids is 1. The smallest absolute Gasteiger partial charge is 0.343 e. The first-order valence-electron chi connectivity index (χ1n) is 8.81. The number of rotatable bonds is 5. The maximum Gasteiger partial charge on any atom is 0.343 e. The predicted molar refractivity (Wildman–Crippen MR) is 111 cm³/mol. The van der Waals surface area contributed by atoms with Crippen LogP contribution in [0.2, 0.25) is 5.02 Å². The number of sulfonamides is 1. The Morgan fingerprint density at radius 1 is 1.00 bits per heavy atom. The summed E-state index contributed by atoms with van der Waals surface area (Å²) in [6.07, 6.45) is 0. The average molecular weight is 446 g/mol. The molecule has 0 saturated heterocycles. The zero-order valence-electron chi connectivity index (χ0n) is 15.7. The van der Waals surface area contributed by atoms with Crippen LogP contribution in [0.25, 0.3) is 0 Å². The van der Waals surface area contributed by atoms with Gasteiger partial charge in [0.25, 0.3) is 10.0 Å². The third-order valence-corrected chi connectivity index (χ3v) is 6.47. The highest BCUT2D eigenvalue weighted by Gasteiger charge is 2.23. The van der Waals surface area contributed by atoms with E-state index in [1.54, 1.807) is 30.3 Å². The minimum Gasteiger partial charge on any atom is -0.454 e. The predicted octanol–water partition coefficient (Wildman–Crippen LogP) is 4.11. The summed E-state index contributed by atoms with van der Waals surface area (Å²) >= 11 is 5.96. The molecular weight excluding hydrogens is 430 g/mol. The van der Waals surface area contributed by atoms with Crippen molar-refractivity contribution in [3.05, 3.63) is 77.3 Å². The SMILES string of the molecule is CN(c1cccc(Cl)c1)S(=O)(=O)c1cccc(C(=O)Oc2ccc3c(c2)OCO3)c1. The van der Waals surface area contributed by atoms with Crippen molar-refractivity contribution in [1.82, 2.24) is 0 Å². The molecule has 0 saturated carbocycles. The van der Waals surface area contributed by atoms with Crippen molar-refractivity contribution < 1.29 is 27.4 Å². The summed E-state index contributed by atoms with van der Waals surface area (Å²) in [4.78, 5) is 12.5. The van der Waals surface area contributed by atoms with Gasteiger partial charge < -0.3 is 14.2 Å². The van der Waals surface area contributed by atoms with Crippen LogP contribution in [0.4, 0.5) is 5.69 Å². The molecule has 0 atom stereocenters. The molecule has 0 N–H and O–H groups in total. The Bertz CT molecular complexity index is 1230. The summed E-state index contributed by atoms with van der Waals surface area (Å²) in [5.74, 6) is 0.594. The summed E-state index contributed by atoms with van der Waals surface area (Å²) in [5, 5.41) is 0.413. The number of halogens is 1. The zero-order chi connectivity index (χ0) is 21.3. The van der Waals surface area contributed by atoms with Crippen LogP contribution < -0.4 is 18.5 Å². The number of carbonyl (C=O) groups is 1. The molecule has 1 heterocycles. The van der Waals surface area contributed by atoms with Gasteiger partial charge in [0.05, 0.1) is 16.1 Å². The van der Waals surface area contributed by atoms with Crippen molar-refractivity contribution in [3.8, 4) is 17.2 Å². The molecule has 9 heteroatoms. The van der Waals surface area contributed by atoms with Gasteiger partial charge in [-0.1, -0.05) is 23.7 Å². The summed E-state index contributed by atoms with van der Waals surface area (Å²) in [5.41, 5.74) is 0.490. The van der Waals surface area contributed by atoms with Crippen LogP contribution in [0.1, 0.15) is 10.4 Å². The van der Waals surface area contributed by atoms with Crippen LogP contribution in [0.15, 0.2) is 71.6 Å². The van der Waals surface area contributed by atoms with Gasteiger partial charge in [-0.15, -0.1) is 0 Å². The minimum atomic E-state index is -3.92.